The molecule has 0 atom stereocenters. The van der Waals surface area contributed by atoms with E-state index < -0.39 is 29.6 Å². The van der Waals surface area contributed by atoms with Crippen molar-refractivity contribution < 1.29 is 31.5 Å². The normalized spacial score (nSPS) is 14.1. The molecule has 0 radical (unpaired) electrons. The standard InChI is InChI=1S/C20H12F5N3O2/c1-10-9-11(28-15(7-8-26-28)19(21,22)20(23,24)25)5-6-12(10)13-3-2-4-14-16(13)18(30)27-17(14)29/h2-9H,1H3,(H,27,29,30). The van der Waals surface area contributed by atoms with Crippen LogP contribution in [0.3, 0.4) is 0 Å². The number of halogens is 5. The number of alkyl halides is 5. The van der Waals surface area contributed by atoms with Crippen molar-refractivity contribution in [1.29, 1.82) is 0 Å². The number of carbonyl (C=O) groups excluding carboxylic acids is 2. The second kappa shape index (κ2) is 6.48. The zero-order valence-electron chi connectivity index (χ0n) is 15.2. The zero-order chi connectivity index (χ0) is 21.8. The van der Waals surface area contributed by atoms with Gasteiger partial charge in [0.25, 0.3) is 11.8 Å². The SMILES string of the molecule is Cc1cc(-n2nccc2C(F)(F)C(F)(F)F)ccc1-c1cccc2c1C(=O)NC2=O. The van der Waals surface area contributed by atoms with E-state index in [1.807, 2.05) is 0 Å². The maximum absolute atomic E-state index is 13.9. The summed E-state index contributed by atoms with van der Waals surface area (Å²) in [5.74, 6) is -6.18. The van der Waals surface area contributed by atoms with E-state index in [1.165, 1.54) is 24.3 Å². The molecule has 0 aliphatic carbocycles. The Hall–Kier alpha value is -3.56. The molecule has 0 saturated heterocycles. The molecule has 0 unspecified atom stereocenters. The van der Waals surface area contributed by atoms with Crippen molar-refractivity contribution in [2.24, 2.45) is 0 Å². The smallest absolute Gasteiger partial charge is 0.288 e. The maximum atomic E-state index is 13.9. The number of hydrogen-bond acceptors (Lipinski definition) is 3. The fraction of sp³-hybridized carbons (Fsp3) is 0.150. The van der Waals surface area contributed by atoms with Crippen LogP contribution in [0.25, 0.3) is 16.8 Å². The number of hydrogen-bond donors (Lipinski definition) is 1. The van der Waals surface area contributed by atoms with Crippen molar-refractivity contribution in [2.45, 2.75) is 19.0 Å². The zero-order valence-corrected chi connectivity index (χ0v) is 15.2. The van der Waals surface area contributed by atoms with Gasteiger partial charge in [0, 0.05) is 6.20 Å². The maximum Gasteiger partial charge on any atom is 0.459 e. The van der Waals surface area contributed by atoms with E-state index in [1.54, 1.807) is 19.1 Å². The molecule has 30 heavy (non-hydrogen) atoms. The predicted molar refractivity (Wildman–Crippen MR) is 95.5 cm³/mol. The van der Waals surface area contributed by atoms with Crippen LogP contribution in [0.2, 0.25) is 0 Å². The number of aromatic nitrogens is 2. The lowest BCUT2D eigenvalue weighted by molar-refractivity contribution is -0.291. The van der Waals surface area contributed by atoms with Gasteiger partial charge in [-0.1, -0.05) is 18.2 Å². The van der Waals surface area contributed by atoms with Gasteiger partial charge in [-0.25, -0.2) is 4.68 Å². The molecule has 4 rings (SSSR count). The van der Waals surface area contributed by atoms with E-state index in [4.69, 9.17) is 0 Å². The summed E-state index contributed by atoms with van der Waals surface area (Å²) in [6, 6.07) is 9.50. The summed E-state index contributed by atoms with van der Waals surface area (Å²) in [4.78, 5) is 24.0. The first-order valence-corrected chi connectivity index (χ1v) is 8.61. The van der Waals surface area contributed by atoms with E-state index in [9.17, 15) is 31.5 Å². The number of aryl methyl sites for hydroxylation is 1. The second-order valence-corrected chi connectivity index (χ2v) is 6.71. The Labute approximate surface area is 166 Å². The Balaban J connectivity index is 1.81. The Kier molecular flexibility index (Phi) is 4.26. The Morgan fingerprint density at radius 3 is 2.27 bits per heavy atom. The van der Waals surface area contributed by atoms with E-state index in [2.05, 4.69) is 10.4 Å². The molecule has 1 aromatic heterocycles. The lowest BCUT2D eigenvalue weighted by Gasteiger charge is -2.21. The minimum atomic E-state index is -5.77. The summed E-state index contributed by atoms with van der Waals surface area (Å²) in [6.45, 7) is 1.61. The average molecular weight is 421 g/mol. The number of rotatable bonds is 3. The van der Waals surface area contributed by atoms with Crippen molar-refractivity contribution in [3.63, 3.8) is 0 Å². The lowest BCUT2D eigenvalue weighted by Crippen LogP contribution is -2.35. The van der Waals surface area contributed by atoms with Gasteiger partial charge in [-0.05, 0) is 47.9 Å². The van der Waals surface area contributed by atoms with Crippen LogP contribution >= 0.6 is 0 Å². The van der Waals surface area contributed by atoms with Gasteiger partial charge in [-0.3, -0.25) is 14.9 Å². The number of nitrogens with one attached hydrogen (secondary N) is 1. The van der Waals surface area contributed by atoms with Crippen LogP contribution in [-0.4, -0.2) is 27.8 Å². The van der Waals surface area contributed by atoms with Crippen molar-refractivity contribution in [3.8, 4) is 16.8 Å². The number of imide groups is 1. The molecule has 5 nitrogen and oxygen atoms in total. The first-order chi connectivity index (χ1) is 14.0. The molecule has 0 saturated carbocycles. The Morgan fingerprint density at radius 2 is 1.60 bits per heavy atom. The van der Waals surface area contributed by atoms with Crippen LogP contribution in [0.1, 0.15) is 32.0 Å². The van der Waals surface area contributed by atoms with Crippen LogP contribution in [0.4, 0.5) is 22.0 Å². The highest BCUT2D eigenvalue weighted by molar-refractivity contribution is 6.24. The predicted octanol–water partition coefficient (Wildman–Crippen LogP) is 4.39. The van der Waals surface area contributed by atoms with E-state index >= 15 is 0 Å². The molecule has 0 spiro atoms. The Bertz CT molecular complexity index is 1200. The highest BCUT2D eigenvalue weighted by Gasteiger charge is 2.60. The van der Waals surface area contributed by atoms with Gasteiger partial charge in [-0.2, -0.15) is 27.1 Å². The lowest BCUT2D eigenvalue weighted by atomic mass is 9.93. The highest BCUT2D eigenvalue weighted by Crippen LogP contribution is 2.44. The number of nitrogens with zero attached hydrogens (tertiary/aromatic N) is 2. The molecule has 1 aliphatic heterocycles. The summed E-state index contributed by atoms with van der Waals surface area (Å²) in [7, 11) is 0. The van der Waals surface area contributed by atoms with Crippen LogP contribution in [0.5, 0.6) is 0 Å². The largest absolute Gasteiger partial charge is 0.459 e. The van der Waals surface area contributed by atoms with Crippen LogP contribution in [0.15, 0.2) is 48.7 Å². The first kappa shape index (κ1) is 19.7. The third-order valence-corrected chi connectivity index (χ3v) is 4.83. The molecule has 1 N–H and O–H groups in total. The second-order valence-electron chi connectivity index (χ2n) is 6.71. The molecule has 2 aromatic carbocycles. The van der Waals surface area contributed by atoms with E-state index in [-0.39, 0.29) is 16.8 Å². The molecule has 154 valence electrons. The molecule has 2 heterocycles. The topological polar surface area (TPSA) is 64.0 Å². The average Bonchev–Trinajstić information content (AvgIpc) is 3.26. The van der Waals surface area contributed by atoms with Gasteiger partial charge in [0.2, 0.25) is 0 Å². The number of amides is 2. The van der Waals surface area contributed by atoms with Gasteiger partial charge in [0.15, 0.2) is 0 Å². The molecule has 3 aromatic rings. The van der Waals surface area contributed by atoms with E-state index in [0.29, 0.717) is 27.4 Å². The van der Waals surface area contributed by atoms with Crippen LogP contribution in [-0.2, 0) is 5.92 Å². The molecule has 0 bridgehead atoms. The number of fused-ring (bicyclic) bond motifs is 1. The van der Waals surface area contributed by atoms with Crippen molar-refractivity contribution in [1.82, 2.24) is 15.1 Å². The number of carbonyl (C=O) groups is 2. The van der Waals surface area contributed by atoms with E-state index in [0.717, 1.165) is 6.20 Å². The van der Waals surface area contributed by atoms with Crippen molar-refractivity contribution >= 4 is 11.8 Å². The summed E-state index contributed by atoms with van der Waals surface area (Å²) < 4.78 is 66.6. The minimum Gasteiger partial charge on any atom is -0.288 e. The highest BCUT2D eigenvalue weighted by atomic mass is 19.4. The molecule has 2 amide bonds. The first-order valence-electron chi connectivity index (χ1n) is 8.61. The number of benzene rings is 2. The molecular formula is C20H12F5N3O2. The van der Waals surface area contributed by atoms with Crippen molar-refractivity contribution in [3.05, 3.63) is 71.0 Å². The summed E-state index contributed by atoms with van der Waals surface area (Å²) in [5.41, 5.74) is 0.533. The van der Waals surface area contributed by atoms with Crippen LogP contribution in [0, 0.1) is 6.92 Å². The van der Waals surface area contributed by atoms with Gasteiger partial charge in [0.1, 0.15) is 5.69 Å². The molecule has 10 heteroatoms. The summed E-state index contributed by atoms with van der Waals surface area (Å²) >= 11 is 0. The van der Waals surface area contributed by atoms with Gasteiger partial charge in [-0.15, -0.1) is 0 Å². The third-order valence-electron chi connectivity index (χ3n) is 4.83. The van der Waals surface area contributed by atoms with Crippen molar-refractivity contribution in [2.75, 3.05) is 0 Å². The molecule has 1 aliphatic rings. The van der Waals surface area contributed by atoms with Gasteiger partial charge >= 0.3 is 12.1 Å². The monoisotopic (exact) mass is 421 g/mol. The van der Waals surface area contributed by atoms with Crippen LogP contribution < -0.4 is 5.32 Å². The summed E-state index contributed by atoms with van der Waals surface area (Å²) in [5, 5.41) is 5.82. The summed E-state index contributed by atoms with van der Waals surface area (Å²) in [6.07, 6.45) is -4.91. The minimum absolute atomic E-state index is 0.00622. The third kappa shape index (κ3) is 2.87. The van der Waals surface area contributed by atoms with Gasteiger partial charge in [0.05, 0.1) is 16.8 Å². The fourth-order valence-corrected chi connectivity index (χ4v) is 3.42. The quantitative estimate of drug-likeness (QED) is 0.504. The Morgan fingerprint density at radius 1 is 0.900 bits per heavy atom. The molecule has 0 fully saturated rings. The molecular weight excluding hydrogens is 409 g/mol. The van der Waals surface area contributed by atoms with Gasteiger partial charge < -0.3 is 0 Å². The fourth-order valence-electron chi connectivity index (χ4n) is 3.42.